The minimum absolute atomic E-state index is 0.501. The fourth-order valence-corrected chi connectivity index (χ4v) is 1.99. The normalized spacial score (nSPS) is 20.5. The quantitative estimate of drug-likeness (QED) is 0.875. The maximum Gasteiger partial charge on any atom is 0.278 e. The maximum absolute atomic E-state index is 12.6. The van der Waals surface area contributed by atoms with Gasteiger partial charge in [-0.15, -0.1) is 0 Å². The van der Waals surface area contributed by atoms with Crippen LogP contribution in [-0.2, 0) is 0 Å². The lowest BCUT2D eigenvalue weighted by molar-refractivity contribution is -0.0229. The summed E-state index contributed by atoms with van der Waals surface area (Å²) < 4.78 is 30.2. The van der Waals surface area contributed by atoms with Crippen LogP contribution >= 0.6 is 0 Å². The summed E-state index contributed by atoms with van der Waals surface area (Å²) in [6, 6.07) is 7.44. The Labute approximate surface area is 100.0 Å². The van der Waals surface area contributed by atoms with Gasteiger partial charge in [0.25, 0.3) is 5.92 Å². The molecule has 0 aliphatic carbocycles. The summed E-state index contributed by atoms with van der Waals surface area (Å²) in [6.07, 6.45) is 1.13. The van der Waals surface area contributed by atoms with E-state index in [1.807, 2.05) is 12.1 Å². The minimum atomic E-state index is -2.78. The van der Waals surface area contributed by atoms with E-state index < -0.39 is 12.5 Å². The molecule has 0 bridgehead atoms. The molecular formula is C13H17F2NO. The van der Waals surface area contributed by atoms with Crippen molar-refractivity contribution in [2.24, 2.45) is 0 Å². The zero-order chi connectivity index (χ0) is 12.3. The highest BCUT2D eigenvalue weighted by Crippen LogP contribution is 2.25. The van der Waals surface area contributed by atoms with Gasteiger partial charge in [0, 0.05) is 13.5 Å². The summed E-state index contributed by atoms with van der Waals surface area (Å²) in [7, 11) is 0. The van der Waals surface area contributed by atoms with Crippen LogP contribution < -0.4 is 10.1 Å². The van der Waals surface area contributed by atoms with Gasteiger partial charge in [-0.25, -0.2) is 8.78 Å². The molecule has 0 saturated carbocycles. The highest BCUT2D eigenvalue weighted by molar-refractivity contribution is 5.30. The summed E-state index contributed by atoms with van der Waals surface area (Å²) in [6.45, 7) is 2.32. The van der Waals surface area contributed by atoms with Crippen molar-refractivity contribution < 1.29 is 13.5 Å². The van der Waals surface area contributed by atoms with Gasteiger partial charge < -0.3 is 10.1 Å². The van der Waals surface area contributed by atoms with Gasteiger partial charge in [0.2, 0.25) is 0 Å². The Morgan fingerprint density at radius 1 is 1.35 bits per heavy atom. The van der Waals surface area contributed by atoms with Crippen LogP contribution in [0.4, 0.5) is 8.78 Å². The van der Waals surface area contributed by atoms with E-state index in [0.717, 1.165) is 26.4 Å². The molecule has 1 fully saturated rings. The summed E-state index contributed by atoms with van der Waals surface area (Å²) in [4.78, 5) is 0. The van der Waals surface area contributed by atoms with E-state index in [0.29, 0.717) is 11.7 Å². The molecule has 1 heterocycles. The van der Waals surface area contributed by atoms with Crippen LogP contribution in [0, 0.1) is 0 Å². The molecule has 1 aliphatic rings. The van der Waals surface area contributed by atoms with Crippen LogP contribution in [0.5, 0.6) is 5.75 Å². The molecule has 1 aromatic carbocycles. The SMILES string of the molecule is CC(F)(F)COc1ccc(C2CCNC2)cc1. The molecule has 94 valence electrons. The second kappa shape index (κ2) is 5.00. The lowest BCUT2D eigenvalue weighted by Gasteiger charge is -2.13. The van der Waals surface area contributed by atoms with Crippen LogP contribution in [-0.4, -0.2) is 25.6 Å². The van der Waals surface area contributed by atoms with E-state index in [4.69, 9.17) is 4.74 Å². The molecule has 1 atom stereocenters. The van der Waals surface area contributed by atoms with Crippen LogP contribution in [0.3, 0.4) is 0 Å². The van der Waals surface area contributed by atoms with E-state index in [-0.39, 0.29) is 0 Å². The fourth-order valence-electron chi connectivity index (χ4n) is 1.99. The summed E-state index contributed by atoms with van der Waals surface area (Å²) in [5.41, 5.74) is 1.24. The molecule has 1 aromatic rings. The van der Waals surface area contributed by atoms with E-state index in [2.05, 4.69) is 5.32 Å². The zero-order valence-electron chi connectivity index (χ0n) is 9.88. The first-order chi connectivity index (χ1) is 8.04. The van der Waals surface area contributed by atoms with Gasteiger partial charge in [-0.1, -0.05) is 12.1 Å². The second-order valence-corrected chi connectivity index (χ2v) is 4.62. The summed E-state index contributed by atoms with van der Waals surface area (Å²) >= 11 is 0. The molecule has 1 saturated heterocycles. The Bertz CT molecular complexity index is 353. The average molecular weight is 241 g/mol. The van der Waals surface area contributed by atoms with Crippen molar-refractivity contribution in [1.29, 1.82) is 0 Å². The van der Waals surface area contributed by atoms with E-state index in [9.17, 15) is 8.78 Å². The highest BCUT2D eigenvalue weighted by Gasteiger charge is 2.22. The lowest BCUT2D eigenvalue weighted by Crippen LogP contribution is -2.20. The second-order valence-electron chi connectivity index (χ2n) is 4.62. The number of alkyl halides is 2. The molecule has 17 heavy (non-hydrogen) atoms. The molecular weight excluding hydrogens is 224 g/mol. The smallest absolute Gasteiger partial charge is 0.278 e. The standard InChI is InChI=1S/C13H17F2NO/c1-13(14,15)9-17-12-4-2-10(3-5-12)11-6-7-16-8-11/h2-5,11,16H,6-9H2,1H3. The summed E-state index contributed by atoms with van der Waals surface area (Å²) in [5.74, 6) is -1.74. The van der Waals surface area contributed by atoms with Gasteiger partial charge in [0.1, 0.15) is 5.75 Å². The predicted molar refractivity (Wildman–Crippen MR) is 62.8 cm³/mol. The lowest BCUT2D eigenvalue weighted by atomic mass is 9.98. The molecule has 1 aliphatic heterocycles. The number of hydrogen-bond donors (Lipinski definition) is 1. The first kappa shape index (κ1) is 12.3. The van der Waals surface area contributed by atoms with Crippen LogP contribution in [0.1, 0.15) is 24.8 Å². The van der Waals surface area contributed by atoms with E-state index in [1.165, 1.54) is 5.56 Å². The van der Waals surface area contributed by atoms with Gasteiger partial charge in [-0.05, 0) is 36.6 Å². The van der Waals surface area contributed by atoms with Crippen molar-refractivity contribution in [2.45, 2.75) is 25.2 Å². The molecule has 4 heteroatoms. The third kappa shape index (κ3) is 3.66. The molecule has 2 nitrogen and oxygen atoms in total. The van der Waals surface area contributed by atoms with Crippen molar-refractivity contribution in [1.82, 2.24) is 5.32 Å². The average Bonchev–Trinajstić information content (AvgIpc) is 2.79. The molecule has 0 aromatic heterocycles. The minimum Gasteiger partial charge on any atom is -0.487 e. The van der Waals surface area contributed by atoms with Crippen molar-refractivity contribution >= 4 is 0 Å². The number of rotatable bonds is 4. The monoisotopic (exact) mass is 241 g/mol. The Morgan fingerprint density at radius 2 is 2.06 bits per heavy atom. The highest BCUT2D eigenvalue weighted by atomic mass is 19.3. The van der Waals surface area contributed by atoms with Crippen molar-refractivity contribution in [3.05, 3.63) is 29.8 Å². The van der Waals surface area contributed by atoms with Gasteiger partial charge in [-0.2, -0.15) is 0 Å². The fraction of sp³-hybridized carbons (Fsp3) is 0.538. The Hall–Kier alpha value is -1.16. The van der Waals surface area contributed by atoms with Crippen molar-refractivity contribution in [2.75, 3.05) is 19.7 Å². The number of halogens is 2. The zero-order valence-corrected chi connectivity index (χ0v) is 9.88. The molecule has 2 rings (SSSR count). The number of ether oxygens (including phenoxy) is 1. The van der Waals surface area contributed by atoms with Gasteiger partial charge in [-0.3, -0.25) is 0 Å². The molecule has 0 radical (unpaired) electrons. The van der Waals surface area contributed by atoms with Crippen LogP contribution in [0.15, 0.2) is 24.3 Å². The summed E-state index contributed by atoms with van der Waals surface area (Å²) in [5, 5.41) is 3.30. The number of benzene rings is 1. The topological polar surface area (TPSA) is 21.3 Å². The third-order valence-corrected chi connectivity index (χ3v) is 2.90. The molecule has 1 unspecified atom stereocenters. The van der Waals surface area contributed by atoms with Crippen LogP contribution in [0.2, 0.25) is 0 Å². The maximum atomic E-state index is 12.6. The van der Waals surface area contributed by atoms with Gasteiger partial charge in [0.15, 0.2) is 6.61 Å². The molecule has 0 spiro atoms. The predicted octanol–water partition coefficient (Wildman–Crippen LogP) is 2.80. The number of hydrogen-bond acceptors (Lipinski definition) is 2. The van der Waals surface area contributed by atoms with E-state index >= 15 is 0 Å². The van der Waals surface area contributed by atoms with Gasteiger partial charge >= 0.3 is 0 Å². The van der Waals surface area contributed by atoms with Crippen molar-refractivity contribution in [3.8, 4) is 5.75 Å². The molecule has 0 amide bonds. The molecule has 1 N–H and O–H groups in total. The van der Waals surface area contributed by atoms with E-state index in [1.54, 1.807) is 12.1 Å². The third-order valence-electron chi connectivity index (χ3n) is 2.90. The Morgan fingerprint density at radius 3 is 2.59 bits per heavy atom. The Kier molecular flexibility index (Phi) is 3.62. The van der Waals surface area contributed by atoms with Gasteiger partial charge in [0.05, 0.1) is 0 Å². The first-order valence-electron chi connectivity index (χ1n) is 5.86. The van der Waals surface area contributed by atoms with Crippen LogP contribution in [0.25, 0.3) is 0 Å². The van der Waals surface area contributed by atoms with Crippen molar-refractivity contribution in [3.63, 3.8) is 0 Å². The Balaban J connectivity index is 1.93. The number of nitrogens with one attached hydrogen (secondary N) is 1. The largest absolute Gasteiger partial charge is 0.487 e. The first-order valence-corrected chi connectivity index (χ1v) is 5.86.